The molecule has 0 aliphatic heterocycles. The maximum atomic E-state index is 14.4. The minimum atomic E-state index is -2.50. The summed E-state index contributed by atoms with van der Waals surface area (Å²) in [6, 6.07) is 3.66. The first-order chi connectivity index (χ1) is 16.3. The van der Waals surface area contributed by atoms with Crippen LogP contribution >= 0.6 is 0 Å². The van der Waals surface area contributed by atoms with Crippen LogP contribution in [0, 0.1) is 17.3 Å². The van der Waals surface area contributed by atoms with Gasteiger partial charge < -0.3 is 4.43 Å². The molecular weight excluding hydrogens is 495 g/mol. The van der Waals surface area contributed by atoms with Gasteiger partial charge in [0.1, 0.15) is 0 Å². The Labute approximate surface area is 227 Å². The van der Waals surface area contributed by atoms with E-state index >= 15 is 0 Å². The smallest absolute Gasteiger partial charge is 0.193 e. The second-order valence-electron chi connectivity index (χ2n) is 14.4. The van der Waals surface area contributed by atoms with Gasteiger partial charge in [0, 0.05) is 16.3 Å². The maximum Gasteiger partial charge on any atom is 0.193 e. The zero-order valence-corrected chi connectivity index (χ0v) is 28.9. The normalized spacial score (nSPS) is 28.5. The molecule has 210 valence electrons. The molecule has 3 nitrogen and oxygen atoms in total. The summed E-state index contributed by atoms with van der Waals surface area (Å²) in [6.45, 7) is 29.3. The fourth-order valence-electron chi connectivity index (χ4n) is 6.07. The van der Waals surface area contributed by atoms with Gasteiger partial charge in [-0.15, -0.1) is 0 Å². The first-order valence-electron chi connectivity index (χ1n) is 14.7. The molecule has 0 unspecified atom stereocenters. The molecule has 0 N–H and O–H groups in total. The van der Waals surface area contributed by atoms with E-state index in [4.69, 9.17) is 8.45 Å². The molecule has 0 aromatic rings. The van der Waals surface area contributed by atoms with Crippen LogP contribution in [-0.4, -0.2) is 31.6 Å². The predicted molar refractivity (Wildman–Crippen MR) is 166 cm³/mol. The topological polar surface area (TPSA) is 38.7 Å². The zero-order chi connectivity index (χ0) is 27.8. The minimum absolute atomic E-state index is 0.0696. The molecule has 2 aliphatic rings. The summed E-state index contributed by atoms with van der Waals surface area (Å²) < 4.78 is 26.3. The monoisotopic (exact) mass is 553 g/mol. The molecule has 0 saturated heterocycles. The lowest BCUT2D eigenvalue weighted by atomic mass is 9.63. The molecule has 1 saturated carbocycles. The summed E-state index contributed by atoms with van der Waals surface area (Å²) in [6.07, 6.45) is 9.96. The molecule has 2 rings (SSSR count). The summed E-state index contributed by atoms with van der Waals surface area (Å²) in [7, 11) is -6.20. The number of allylic oxidation sites excluding steroid dienone is 3. The first-order valence-corrected chi connectivity index (χ1v) is 21.7. The van der Waals surface area contributed by atoms with Crippen molar-refractivity contribution in [1.82, 2.24) is 0 Å². The van der Waals surface area contributed by atoms with Gasteiger partial charge in [-0.25, -0.2) is 4.21 Å². The number of fused-ring (bicyclic) bond motifs is 1. The Kier molecular flexibility index (Phi) is 9.91. The van der Waals surface area contributed by atoms with E-state index in [1.807, 2.05) is 5.41 Å². The highest BCUT2D eigenvalue weighted by Crippen LogP contribution is 2.56. The largest absolute Gasteiger partial charge is 0.414 e. The summed E-state index contributed by atoms with van der Waals surface area (Å²) in [4.78, 5) is 0. The highest BCUT2D eigenvalue weighted by Gasteiger charge is 2.50. The predicted octanol–water partition coefficient (Wildman–Crippen LogP) is 9.93. The Hall–Kier alpha value is -0.176. The van der Waals surface area contributed by atoms with Crippen LogP contribution in [0.2, 0.25) is 36.3 Å². The van der Waals surface area contributed by atoms with Crippen LogP contribution in [0.5, 0.6) is 0 Å². The van der Waals surface area contributed by atoms with Crippen LogP contribution < -0.4 is 0 Å². The average Bonchev–Trinajstić information content (AvgIpc) is 3.12. The van der Waals surface area contributed by atoms with Crippen LogP contribution in [0.3, 0.4) is 0 Å². The van der Waals surface area contributed by atoms with Gasteiger partial charge in [0.05, 0.1) is 9.73 Å². The minimum Gasteiger partial charge on any atom is -0.414 e. The number of nitrogens with zero attached hydrogens (tertiary/aromatic N) is 1. The molecule has 6 heteroatoms. The van der Waals surface area contributed by atoms with Gasteiger partial charge in [0.2, 0.25) is 0 Å². The molecule has 2 aliphatic carbocycles. The Morgan fingerprint density at radius 1 is 1.14 bits per heavy atom. The molecule has 0 bridgehead atoms. The lowest BCUT2D eigenvalue weighted by Gasteiger charge is -2.47. The van der Waals surface area contributed by atoms with Gasteiger partial charge in [-0.2, -0.15) is 0 Å². The van der Waals surface area contributed by atoms with Crippen molar-refractivity contribution >= 4 is 26.3 Å². The molecular formula is C30H59NO2SSi2. The van der Waals surface area contributed by atoms with Crippen molar-refractivity contribution in [1.29, 1.82) is 0 Å². The highest BCUT2D eigenvalue weighted by atomic mass is 32.2. The van der Waals surface area contributed by atoms with E-state index in [0.717, 1.165) is 6.42 Å². The Morgan fingerprint density at radius 2 is 1.69 bits per heavy atom. The number of rotatable bonds is 9. The molecule has 0 amide bonds. The van der Waals surface area contributed by atoms with E-state index in [0.29, 0.717) is 12.0 Å². The molecule has 0 aromatic carbocycles. The molecule has 0 radical (unpaired) electrons. The Morgan fingerprint density at radius 3 is 2.17 bits per heavy atom. The second kappa shape index (κ2) is 11.1. The van der Waals surface area contributed by atoms with Crippen molar-refractivity contribution in [3.05, 3.63) is 23.1 Å². The molecule has 1 fully saturated rings. The Balaban J connectivity index is 2.37. The van der Waals surface area contributed by atoms with Crippen molar-refractivity contribution in [2.75, 3.05) is 0 Å². The third kappa shape index (κ3) is 6.34. The average molecular weight is 554 g/mol. The van der Waals surface area contributed by atoms with Gasteiger partial charge in [0.25, 0.3) is 0 Å². The summed E-state index contributed by atoms with van der Waals surface area (Å²) >= 11 is 0. The van der Waals surface area contributed by atoms with Gasteiger partial charge in [-0.1, -0.05) is 79.5 Å². The number of hydrogen-bond acceptors (Lipinski definition) is 3. The highest BCUT2D eigenvalue weighted by molar-refractivity contribution is 7.98. The van der Waals surface area contributed by atoms with Crippen molar-refractivity contribution in [3.8, 4) is 0 Å². The third-order valence-corrected chi connectivity index (χ3v) is 23.7. The second-order valence-corrected chi connectivity index (χ2v) is 27.1. The molecule has 0 heterocycles. The fraction of sp³-hybridized carbons (Fsp3) is 0.867. The van der Waals surface area contributed by atoms with Gasteiger partial charge in [0.15, 0.2) is 16.6 Å². The fourth-order valence-corrected chi connectivity index (χ4v) is 15.0. The SMILES string of the molecule is CC[Si](CC)(CC)O[C@H]1CCC[C@]2(C)C([C@H](C)/C=C/[S@@](=O)(=N[Si](C)(C)C(C)(C)C)C(C)(C)C)=CC[C@@H]12. The van der Waals surface area contributed by atoms with Crippen LogP contribution in [0.1, 0.15) is 102 Å². The van der Waals surface area contributed by atoms with E-state index in [9.17, 15) is 4.21 Å². The number of hydrogen-bond donors (Lipinski definition) is 0. The lowest BCUT2D eigenvalue weighted by molar-refractivity contribution is 0.0186. The quantitative estimate of drug-likeness (QED) is 0.210. The van der Waals surface area contributed by atoms with Crippen LogP contribution in [0.25, 0.3) is 0 Å². The third-order valence-electron chi connectivity index (χ3n) is 10.2. The van der Waals surface area contributed by atoms with E-state index in [2.05, 4.69) is 101 Å². The van der Waals surface area contributed by atoms with Crippen LogP contribution in [0.15, 0.2) is 27.2 Å². The lowest BCUT2D eigenvalue weighted by Crippen LogP contribution is -2.47. The van der Waals surface area contributed by atoms with Crippen LogP contribution in [0.4, 0.5) is 0 Å². The van der Waals surface area contributed by atoms with Crippen molar-refractivity contribution in [2.24, 2.45) is 21.3 Å². The first kappa shape index (κ1) is 32.0. The summed E-state index contributed by atoms with van der Waals surface area (Å²) in [5.41, 5.74) is 1.72. The van der Waals surface area contributed by atoms with E-state index in [1.165, 1.54) is 43.0 Å². The van der Waals surface area contributed by atoms with E-state index < -0.39 is 31.0 Å². The van der Waals surface area contributed by atoms with E-state index in [-0.39, 0.29) is 16.4 Å². The molecule has 5 atom stereocenters. The zero-order valence-electron chi connectivity index (χ0n) is 26.1. The van der Waals surface area contributed by atoms with Crippen LogP contribution in [-0.2, 0) is 14.2 Å². The standard InChI is InChI=1S/C30H59NO2SSi2/c1-14-36(15-2,16-3)33-27-18-17-22-30(11)25(19-20-26(27)30)24(4)21-23-34(32,28(5,6)7)31-35(12,13)29(8,9)10/h19,21,23-24,26-27H,14-18,20,22H2,1-13H3/b23-21+/t24-,26+,27+,30-,34+/m1/s1. The van der Waals surface area contributed by atoms with Crippen molar-refractivity contribution in [3.63, 3.8) is 0 Å². The summed E-state index contributed by atoms with van der Waals surface area (Å²) in [5, 5.41) is 2.08. The maximum absolute atomic E-state index is 14.4. The Bertz CT molecular complexity index is 935. The van der Waals surface area contributed by atoms with Gasteiger partial charge in [-0.3, -0.25) is 4.03 Å². The van der Waals surface area contributed by atoms with Gasteiger partial charge in [-0.05, 0) is 93.5 Å². The van der Waals surface area contributed by atoms with Crippen molar-refractivity contribution < 1.29 is 8.63 Å². The molecule has 0 spiro atoms. The van der Waals surface area contributed by atoms with Gasteiger partial charge >= 0.3 is 0 Å². The van der Waals surface area contributed by atoms with Crippen molar-refractivity contribution in [2.45, 2.75) is 149 Å². The molecule has 36 heavy (non-hydrogen) atoms. The van der Waals surface area contributed by atoms with E-state index in [1.54, 1.807) is 0 Å². The summed E-state index contributed by atoms with van der Waals surface area (Å²) in [5.74, 6) is 0.847. The molecule has 0 aromatic heterocycles.